The van der Waals surface area contributed by atoms with Crippen molar-refractivity contribution in [1.82, 2.24) is 0 Å². The number of carboxylic acids is 1. The van der Waals surface area contributed by atoms with E-state index in [0.717, 1.165) is 10.8 Å². The molecule has 5 nitrogen and oxygen atoms in total. The number of hydrogen-bond acceptors (Lipinski definition) is 4. The number of ether oxygens (including phenoxy) is 2. The fourth-order valence-electron chi connectivity index (χ4n) is 2.24. The molecule has 2 aromatic carbocycles. The number of fused-ring (bicyclic) bond motifs is 1. The molecule has 0 heterocycles. The van der Waals surface area contributed by atoms with Gasteiger partial charge in [-0.2, -0.15) is 0 Å². The summed E-state index contributed by atoms with van der Waals surface area (Å²) in [6.07, 6.45) is -0.156. The summed E-state index contributed by atoms with van der Waals surface area (Å²) in [6.45, 7) is 0. The monoisotopic (exact) mass is 275 g/mol. The van der Waals surface area contributed by atoms with E-state index in [-0.39, 0.29) is 6.42 Å². The second-order valence-electron chi connectivity index (χ2n) is 4.48. The molecule has 5 heteroatoms. The van der Waals surface area contributed by atoms with Gasteiger partial charge in [0.15, 0.2) is 0 Å². The largest absolute Gasteiger partial charge is 0.496 e. The summed E-state index contributed by atoms with van der Waals surface area (Å²) in [4.78, 5) is 10.8. The molecule has 0 aliphatic carbocycles. The van der Waals surface area contributed by atoms with Crippen LogP contribution in [0.1, 0.15) is 18.0 Å². The molecule has 0 aliphatic heterocycles. The van der Waals surface area contributed by atoms with Gasteiger partial charge in [-0.15, -0.1) is 0 Å². The van der Waals surface area contributed by atoms with Crippen LogP contribution >= 0.6 is 0 Å². The van der Waals surface area contributed by atoms with Gasteiger partial charge >= 0.3 is 5.97 Å². The maximum atomic E-state index is 10.8. The Bertz CT molecular complexity index is 639. The third-order valence-corrected chi connectivity index (χ3v) is 3.20. The van der Waals surface area contributed by atoms with Crippen molar-refractivity contribution >= 4 is 16.7 Å². The number of aliphatic carboxylic acids is 1. The summed E-state index contributed by atoms with van der Waals surface area (Å²) < 4.78 is 10.6. The van der Waals surface area contributed by atoms with Crippen LogP contribution in [0.5, 0.6) is 11.5 Å². The molecule has 0 radical (unpaired) electrons. The fraction of sp³-hybridized carbons (Fsp3) is 0.267. The summed E-state index contributed by atoms with van der Waals surface area (Å²) in [5.74, 6) is 0.355. The molecule has 106 valence electrons. The molecule has 0 saturated heterocycles. The highest BCUT2D eigenvalue weighted by atomic mass is 16.5. The van der Waals surface area contributed by atoms with Crippen molar-refractivity contribution in [2.24, 2.45) is 5.73 Å². The third kappa shape index (κ3) is 2.67. The topological polar surface area (TPSA) is 81.8 Å². The first kappa shape index (κ1) is 14.1. The van der Waals surface area contributed by atoms with Crippen LogP contribution in [0.2, 0.25) is 0 Å². The molecular weight excluding hydrogens is 258 g/mol. The first-order valence-electron chi connectivity index (χ1n) is 6.19. The maximum Gasteiger partial charge on any atom is 0.305 e. The van der Waals surface area contributed by atoms with E-state index >= 15 is 0 Å². The minimum atomic E-state index is -0.945. The van der Waals surface area contributed by atoms with Crippen LogP contribution in [-0.2, 0) is 4.79 Å². The van der Waals surface area contributed by atoms with Gasteiger partial charge in [-0.05, 0) is 23.6 Å². The van der Waals surface area contributed by atoms with E-state index in [1.54, 1.807) is 14.2 Å². The van der Waals surface area contributed by atoms with Gasteiger partial charge in [0.1, 0.15) is 11.5 Å². The predicted octanol–water partition coefficient (Wildman–Crippen LogP) is 2.33. The Morgan fingerprint density at radius 3 is 2.55 bits per heavy atom. The van der Waals surface area contributed by atoms with Crippen molar-refractivity contribution in [1.29, 1.82) is 0 Å². The Morgan fingerprint density at radius 1 is 1.25 bits per heavy atom. The number of rotatable bonds is 5. The van der Waals surface area contributed by atoms with Crippen molar-refractivity contribution in [3.05, 3.63) is 35.9 Å². The lowest BCUT2D eigenvalue weighted by Gasteiger charge is -2.16. The van der Waals surface area contributed by atoms with Gasteiger partial charge in [0, 0.05) is 17.0 Å². The van der Waals surface area contributed by atoms with E-state index in [2.05, 4.69) is 0 Å². The minimum absolute atomic E-state index is 0.156. The highest BCUT2D eigenvalue weighted by Crippen LogP contribution is 2.34. The number of carbonyl (C=O) groups is 1. The zero-order chi connectivity index (χ0) is 14.7. The summed E-state index contributed by atoms with van der Waals surface area (Å²) in [5, 5.41) is 10.7. The Kier molecular flexibility index (Phi) is 4.10. The molecule has 0 bridgehead atoms. The van der Waals surface area contributed by atoms with Crippen LogP contribution in [0.25, 0.3) is 10.8 Å². The zero-order valence-electron chi connectivity index (χ0n) is 11.4. The fourth-order valence-corrected chi connectivity index (χ4v) is 2.24. The third-order valence-electron chi connectivity index (χ3n) is 3.20. The van der Waals surface area contributed by atoms with E-state index in [9.17, 15) is 4.79 Å². The number of hydrogen-bond donors (Lipinski definition) is 2. The highest BCUT2D eigenvalue weighted by molar-refractivity contribution is 5.90. The van der Waals surface area contributed by atoms with Gasteiger partial charge in [-0.3, -0.25) is 4.79 Å². The Hall–Kier alpha value is -2.27. The molecule has 2 rings (SSSR count). The van der Waals surface area contributed by atoms with Crippen LogP contribution < -0.4 is 15.2 Å². The minimum Gasteiger partial charge on any atom is -0.496 e. The van der Waals surface area contributed by atoms with Gasteiger partial charge in [0.2, 0.25) is 0 Å². The lowest BCUT2D eigenvalue weighted by Crippen LogP contribution is -2.16. The van der Waals surface area contributed by atoms with E-state index in [0.29, 0.717) is 17.1 Å². The van der Waals surface area contributed by atoms with Crippen molar-refractivity contribution in [3.63, 3.8) is 0 Å². The molecule has 0 aromatic heterocycles. The molecule has 0 saturated carbocycles. The Morgan fingerprint density at radius 2 is 1.95 bits per heavy atom. The van der Waals surface area contributed by atoms with Gasteiger partial charge in [-0.25, -0.2) is 0 Å². The average molecular weight is 275 g/mol. The predicted molar refractivity (Wildman–Crippen MR) is 76.2 cm³/mol. The van der Waals surface area contributed by atoms with Crippen LogP contribution in [0.15, 0.2) is 30.3 Å². The van der Waals surface area contributed by atoms with Crippen LogP contribution in [0.4, 0.5) is 0 Å². The molecule has 0 fully saturated rings. The first-order chi connectivity index (χ1) is 9.56. The maximum absolute atomic E-state index is 10.8. The van der Waals surface area contributed by atoms with Gasteiger partial charge in [-0.1, -0.05) is 12.1 Å². The van der Waals surface area contributed by atoms with Crippen molar-refractivity contribution in [3.8, 4) is 11.5 Å². The van der Waals surface area contributed by atoms with Crippen molar-refractivity contribution < 1.29 is 19.4 Å². The van der Waals surface area contributed by atoms with E-state index < -0.39 is 12.0 Å². The Labute approximate surface area is 116 Å². The SMILES string of the molecule is COc1cc2cccc(OC)c2cc1C(N)CC(=O)O. The van der Waals surface area contributed by atoms with E-state index in [1.807, 2.05) is 30.3 Å². The second-order valence-corrected chi connectivity index (χ2v) is 4.48. The summed E-state index contributed by atoms with van der Waals surface area (Å²) >= 11 is 0. The molecule has 0 amide bonds. The smallest absolute Gasteiger partial charge is 0.305 e. The van der Waals surface area contributed by atoms with Crippen molar-refractivity contribution in [2.75, 3.05) is 14.2 Å². The lowest BCUT2D eigenvalue weighted by molar-refractivity contribution is -0.137. The molecule has 20 heavy (non-hydrogen) atoms. The van der Waals surface area contributed by atoms with Crippen LogP contribution in [0, 0.1) is 0 Å². The Balaban J connectivity index is 2.60. The summed E-state index contributed by atoms with van der Waals surface area (Å²) in [6, 6.07) is 8.72. The van der Waals surface area contributed by atoms with Crippen molar-refractivity contribution in [2.45, 2.75) is 12.5 Å². The van der Waals surface area contributed by atoms with Gasteiger partial charge in [0.25, 0.3) is 0 Å². The molecule has 2 aromatic rings. The zero-order valence-corrected chi connectivity index (χ0v) is 11.4. The van der Waals surface area contributed by atoms with Gasteiger partial charge < -0.3 is 20.3 Å². The number of nitrogens with two attached hydrogens (primary N) is 1. The average Bonchev–Trinajstić information content (AvgIpc) is 2.44. The first-order valence-corrected chi connectivity index (χ1v) is 6.19. The molecule has 0 aliphatic rings. The molecule has 0 spiro atoms. The van der Waals surface area contributed by atoms with Crippen LogP contribution in [0.3, 0.4) is 0 Å². The number of methoxy groups -OCH3 is 2. The lowest BCUT2D eigenvalue weighted by atomic mass is 9.98. The van der Waals surface area contributed by atoms with Crippen LogP contribution in [-0.4, -0.2) is 25.3 Å². The summed E-state index contributed by atoms with van der Waals surface area (Å²) in [7, 11) is 3.13. The molecule has 1 unspecified atom stereocenters. The quantitative estimate of drug-likeness (QED) is 0.875. The number of carboxylic acid groups (broad SMARTS) is 1. The highest BCUT2D eigenvalue weighted by Gasteiger charge is 2.17. The second kappa shape index (κ2) is 5.79. The number of benzene rings is 2. The molecule has 3 N–H and O–H groups in total. The molecule has 1 atom stereocenters. The van der Waals surface area contributed by atoms with Gasteiger partial charge in [0.05, 0.1) is 20.6 Å². The summed E-state index contributed by atoms with van der Waals surface area (Å²) in [5.41, 5.74) is 6.61. The normalized spacial score (nSPS) is 12.2. The van der Waals surface area contributed by atoms with E-state index in [1.165, 1.54) is 0 Å². The van der Waals surface area contributed by atoms with E-state index in [4.69, 9.17) is 20.3 Å². The molecular formula is C15H17NO4. The standard InChI is InChI=1S/C15H17NO4/c1-19-13-5-3-4-9-6-14(20-2)11(7-10(9)13)12(16)8-15(17)18/h3-7,12H,8,16H2,1-2H3,(H,17,18).